The van der Waals surface area contributed by atoms with E-state index in [4.69, 9.17) is 5.84 Å². The molecule has 0 aliphatic carbocycles. The van der Waals surface area contributed by atoms with Crippen LogP contribution in [0.4, 0.5) is 11.6 Å². The zero-order chi connectivity index (χ0) is 15.1. The molecule has 0 fully saturated rings. The average Bonchev–Trinajstić information content (AvgIpc) is 2.45. The van der Waals surface area contributed by atoms with Crippen LogP contribution in [-0.4, -0.2) is 41.0 Å². The molecule has 0 aliphatic rings. The van der Waals surface area contributed by atoms with Gasteiger partial charge in [-0.2, -0.15) is 0 Å². The average molecular weight is 280 g/mol. The van der Waals surface area contributed by atoms with Crippen LogP contribution < -0.4 is 16.6 Å². The minimum atomic E-state index is 0.303. The van der Waals surface area contributed by atoms with E-state index in [0.717, 1.165) is 30.9 Å². The maximum Gasteiger partial charge on any atom is 0.148 e. The van der Waals surface area contributed by atoms with Gasteiger partial charge in [0.25, 0.3) is 0 Å². The first-order chi connectivity index (χ1) is 9.51. The number of nitrogen functional groups attached to an aromatic ring is 1. The summed E-state index contributed by atoms with van der Waals surface area (Å²) < 4.78 is 0. The van der Waals surface area contributed by atoms with Crippen molar-refractivity contribution in [2.24, 2.45) is 5.84 Å². The molecule has 1 aromatic heterocycles. The second-order valence-corrected chi connectivity index (χ2v) is 5.45. The minimum Gasteiger partial charge on any atom is -0.368 e. The van der Waals surface area contributed by atoms with E-state index in [-0.39, 0.29) is 0 Å². The summed E-state index contributed by atoms with van der Waals surface area (Å²) in [5.41, 5.74) is 3.67. The van der Waals surface area contributed by atoms with E-state index < -0.39 is 0 Å². The monoisotopic (exact) mass is 280 g/mol. The SMILES string of the molecule is CCC(C)N(C)CCNc1ncnc(NN)c1C(C)C. The predicted octanol–water partition coefficient (Wildman–Crippen LogP) is 2.03. The Bertz CT molecular complexity index is 407. The number of likely N-dealkylation sites (N-methyl/N-ethyl adjacent to an activating group) is 1. The lowest BCUT2D eigenvalue weighted by molar-refractivity contribution is 0.261. The van der Waals surface area contributed by atoms with Crippen LogP contribution in [0.2, 0.25) is 0 Å². The summed E-state index contributed by atoms with van der Waals surface area (Å²) in [6.07, 6.45) is 2.68. The third-order valence-corrected chi connectivity index (χ3v) is 3.70. The first-order valence-electron chi connectivity index (χ1n) is 7.26. The van der Waals surface area contributed by atoms with E-state index in [1.54, 1.807) is 0 Å². The van der Waals surface area contributed by atoms with E-state index in [0.29, 0.717) is 17.8 Å². The van der Waals surface area contributed by atoms with Crippen LogP contribution >= 0.6 is 0 Å². The molecule has 1 unspecified atom stereocenters. The van der Waals surface area contributed by atoms with Crippen molar-refractivity contribution in [1.29, 1.82) is 0 Å². The van der Waals surface area contributed by atoms with Gasteiger partial charge in [-0.3, -0.25) is 0 Å². The molecule has 0 bridgehead atoms. The van der Waals surface area contributed by atoms with Crippen LogP contribution in [0.25, 0.3) is 0 Å². The second-order valence-electron chi connectivity index (χ2n) is 5.45. The van der Waals surface area contributed by atoms with Crippen LogP contribution in [0.1, 0.15) is 45.6 Å². The molecule has 1 heterocycles. The van der Waals surface area contributed by atoms with Crippen LogP contribution in [0.15, 0.2) is 6.33 Å². The van der Waals surface area contributed by atoms with Gasteiger partial charge in [-0.1, -0.05) is 20.8 Å². The molecule has 0 aromatic carbocycles. The number of nitrogens with two attached hydrogens (primary N) is 1. The van der Waals surface area contributed by atoms with Crippen molar-refractivity contribution < 1.29 is 0 Å². The van der Waals surface area contributed by atoms with Gasteiger partial charge in [0.2, 0.25) is 0 Å². The first-order valence-corrected chi connectivity index (χ1v) is 7.26. The first kappa shape index (κ1) is 16.7. The molecular weight excluding hydrogens is 252 g/mol. The molecule has 1 aromatic rings. The number of anilines is 2. The van der Waals surface area contributed by atoms with E-state index in [2.05, 4.69) is 60.4 Å². The molecule has 1 atom stereocenters. The summed E-state index contributed by atoms with van der Waals surface area (Å²) in [6, 6.07) is 0.591. The van der Waals surface area contributed by atoms with Crippen LogP contribution in [0.3, 0.4) is 0 Å². The van der Waals surface area contributed by atoms with Crippen LogP contribution in [0.5, 0.6) is 0 Å². The zero-order valence-electron chi connectivity index (χ0n) is 13.3. The van der Waals surface area contributed by atoms with Crippen LogP contribution in [0, 0.1) is 0 Å². The van der Waals surface area contributed by atoms with Crippen molar-refractivity contribution in [1.82, 2.24) is 14.9 Å². The zero-order valence-corrected chi connectivity index (χ0v) is 13.3. The van der Waals surface area contributed by atoms with E-state index in [1.807, 2.05) is 0 Å². The molecule has 0 radical (unpaired) electrons. The Balaban J connectivity index is 2.68. The summed E-state index contributed by atoms with van der Waals surface area (Å²) in [5, 5.41) is 3.39. The van der Waals surface area contributed by atoms with E-state index >= 15 is 0 Å². The maximum absolute atomic E-state index is 5.52. The molecule has 0 saturated heterocycles. The summed E-state index contributed by atoms with van der Waals surface area (Å²) >= 11 is 0. The molecule has 0 spiro atoms. The summed E-state index contributed by atoms with van der Waals surface area (Å²) in [7, 11) is 2.14. The molecule has 4 N–H and O–H groups in total. The Kier molecular flexibility index (Phi) is 6.67. The molecule has 0 amide bonds. The Hall–Kier alpha value is -1.40. The molecule has 1 rings (SSSR count). The summed E-state index contributed by atoms with van der Waals surface area (Å²) in [5.74, 6) is 7.37. The van der Waals surface area contributed by atoms with Crippen molar-refractivity contribution >= 4 is 11.6 Å². The molecule has 0 saturated carbocycles. The highest BCUT2D eigenvalue weighted by Crippen LogP contribution is 2.27. The standard InChI is InChI=1S/C14H28N6/c1-6-11(4)20(5)8-7-16-13-12(10(2)3)14(19-15)18-9-17-13/h9-11H,6-8,15H2,1-5H3,(H2,16,17,18,19). The van der Waals surface area contributed by atoms with E-state index in [1.165, 1.54) is 6.33 Å². The number of aromatic nitrogens is 2. The quantitative estimate of drug-likeness (QED) is 0.499. The normalized spacial score (nSPS) is 12.8. The fourth-order valence-corrected chi connectivity index (χ4v) is 2.08. The molecule has 20 heavy (non-hydrogen) atoms. The topological polar surface area (TPSA) is 79.1 Å². The molecular formula is C14H28N6. The lowest BCUT2D eigenvalue weighted by atomic mass is 10.0. The number of nitrogens with one attached hydrogen (secondary N) is 2. The van der Waals surface area contributed by atoms with Crippen molar-refractivity contribution in [2.75, 3.05) is 30.9 Å². The lowest BCUT2D eigenvalue weighted by Crippen LogP contribution is -2.33. The summed E-state index contributed by atoms with van der Waals surface area (Å²) in [6.45, 7) is 10.5. The highest BCUT2D eigenvalue weighted by Gasteiger charge is 2.14. The van der Waals surface area contributed by atoms with Crippen molar-refractivity contribution in [3.05, 3.63) is 11.9 Å². The Morgan fingerprint density at radius 1 is 1.25 bits per heavy atom. The van der Waals surface area contributed by atoms with Crippen molar-refractivity contribution in [3.63, 3.8) is 0 Å². The van der Waals surface area contributed by atoms with Gasteiger partial charge in [-0.05, 0) is 26.3 Å². The van der Waals surface area contributed by atoms with Gasteiger partial charge in [0.15, 0.2) is 0 Å². The number of hydrazine groups is 1. The fourth-order valence-electron chi connectivity index (χ4n) is 2.08. The highest BCUT2D eigenvalue weighted by atomic mass is 15.3. The highest BCUT2D eigenvalue weighted by molar-refractivity contribution is 5.58. The molecule has 6 heteroatoms. The molecule has 6 nitrogen and oxygen atoms in total. The van der Waals surface area contributed by atoms with E-state index in [9.17, 15) is 0 Å². The maximum atomic E-state index is 5.52. The smallest absolute Gasteiger partial charge is 0.148 e. The van der Waals surface area contributed by atoms with Gasteiger partial charge in [0.1, 0.15) is 18.0 Å². The summed E-state index contributed by atoms with van der Waals surface area (Å²) in [4.78, 5) is 10.8. The van der Waals surface area contributed by atoms with Gasteiger partial charge in [0.05, 0.1) is 0 Å². The number of rotatable bonds is 8. The lowest BCUT2D eigenvalue weighted by Gasteiger charge is -2.24. The third-order valence-electron chi connectivity index (χ3n) is 3.70. The van der Waals surface area contributed by atoms with Gasteiger partial charge < -0.3 is 15.6 Å². The Labute approximate surface area is 122 Å². The fraction of sp³-hybridized carbons (Fsp3) is 0.714. The van der Waals surface area contributed by atoms with Crippen molar-refractivity contribution in [2.45, 2.75) is 46.1 Å². The number of hydrogen-bond acceptors (Lipinski definition) is 6. The minimum absolute atomic E-state index is 0.303. The van der Waals surface area contributed by atoms with Gasteiger partial charge >= 0.3 is 0 Å². The van der Waals surface area contributed by atoms with Gasteiger partial charge in [0, 0.05) is 24.7 Å². The third kappa shape index (κ3) is 4.31. The van der Waals surface area contributed by atoms with Gasteiger partial charge in [-0.25, -0.2) is 15.8 Å². The Morgan fingerprint density at radius 3 is 2.45 bits per heavy atom. The van der Waals surface area contributed by atoms with Gasteiger partial charge in [-0.15, -0.1) is 0 Å². The largest absolute Gasteiger partial charge is 0.368 e. The van der Waals surface area contributed by atoms with Crippen LogP contribution in [-0.2, 0) is 0 Å². The second kappa shape index (κ2) is 8.01. The van der Waals surface area contributed by atoms with Crippen molar-refractivity contribution in [3.8, 4) is 0 Å². The molecule has 114 valence electrons. The predicted molar refractivity (Wildman–Crippen MR) is 84.8 cm³/mol. The number of nitrogens with zero attached hydrogens (tertiary/aromatic N) is 3. The molecule has 0 aliphatic heterocycles. The Morgan fingerprint density at radius 2 is 1.90 bits per heavy atom. The number of hydrogen-bond donors (Lipinski definition) is 3.